The first-order chi connectivity index (χ1) is 11.6. The second kappa shape index (κ2) is 7.55. The molecule has 1 heterocycles. The Labute approximate surface area is 141 Å². The smallest absolute Gasteiger partial charge is 0.306 e. The molecule has 2 N–H and O–H groups in total. The summed E-state index contributed by atoms with van der Waals surface area (Å²) in [6.07, 6.45) is 3.31. The van der Waals surface area contributed by atoms with Crippen molar-refractivity contribution in [1.29, 1.82) is 0 Å². The molecule has 1 aliphatic carbocycles. The molecule has 1 aliphatic heterocycles. The molecule has 130 valence electrons. The molecule has 6 heteroatoms. The van der Waals surface area contributed by atoms with E-state index in [1.807, 2.05) is 18.2 Å². The molecular weight excluding hydrogens is 310 g/mol. The Bertz CT molecular complexity index is 607. The van der Waals surface area contributed by atoms with Crippen molar-refractivity contribution in [3.8, 4) is 11.5 Å². The van der Waals surface area contributed by atoms with Gasteiger partial charge in [-0.05, 0) is 43.4 Å². The third-order valence-corrected chi connectivity index (χ3v) is 4.73. The molecule has 1 aromatic carbocycles. The molecule has 0 radical (unpaired) electrons. The number of carboxylic acids is 1. The number of carbonyl (C=O) groups is 2. The van der Waals surface area contributed by atoms with E-state index in [9.17, 15) is 9.59 Å². The number of ether oxygens (including phenoxy) is 2. The van der Waals surface area contributed by atoms with Crippen LogP contribution in [0.1, 0.15) is 37.7 Å². The van der Waals surface area contributed by atoms with Crippen molar-refractivity contribution in [2.24, 2.45) is 11.8 Å². The number of nitrogens with one attached hydrogen (secondary N) is 1. The summed E-state index contributed by atoms with van der Waals surface area (Å²) in [4.78, 5) is 23.2. The van der Waals surface area contributed by atoms with Crippen LogP contribution in [0.3, 0.4) is 0 Å². The molecule has 0 atom stereocenters. The fourth-order valence-corrected chi connectivity index (χ4v) is 3.25. The minimum absolute atomic E-state index is 0.00551. The Balaban J connectivity index is 1.51. The lowest BCUT2D eigenvalue weighted by Crippen LogP contribution is -2.34. The summed E-state index contributed by atoms with van der Waals surface area (Å²) >= 11 is 0. The van der Waals surface area contributed by atoms with E-state index in [-0.39, 0.29) is 17.7 Å². The normalized spacial score (nSPS) is 23.2. The fraction of sp³-hybridized carbons (Fsp3) is 0.556. The quantitative estimate of drug-likeness (QED) is 0.883. The van der Waals surface area contributed by atoms with E-state index < -0.39 is 5.97 Å². The number of carbonyl (C=O) groups excluding carboxylic acids is 1. The van der Waals surface area contributed by atoms with Crippen molar-refractivity contribution in [3.63, 3.8) is 0 Å². The van der Waals surface area contributed by atoms with E-state index in [1.165, 1.54) is 0 Å². The van der Waals surface area contributed by atoms with Crippen LogP contribution in [0.5, 0.6) is 11.5 Å². The van der Waals surface area contributed by atoms with Gasteiger partial charge < -0.3 is 19.9 Å². The maximum absolute atomic E-state index is 12.3. The Morgan fingerprint density at radius 1 is 1.04 bits per heavy atom. The predicted molar refractivity (Wildman–Crippen MR) is 87.0 cm³/mol. The molecule has 1 saturated carbocycles. The molecule has 1 aromatic rings. The summed E-state index contributed by atoms with van der Waals surface area (Å²) < 4.78 is 11.2. The molecule has 0 saturated heterocycles. The topological polar surface area (TPSA) is 84.9 Å². The first-order valence-electron chi connectivity index (χ1n) is 8.52. The number of fused-ring (bicyclic) bond motifs is 1. The van der Waals surface area contributed by atoms with E-state index in [4.69, 9.17) is 14.6 Å². The fourth-order valence-electron chi connectivity index (χ4n) is 3.25. The number of hydrogen-bond donors (Lipinski definition) is 2. The minimum Gasteiger partial charge on any atom is -0.490 e. The maximum Gasteiger partial charge on any atom is 0.306 e. The second-order valence-electron chi connectivity index (χ2n) is 6.44. The zero-order valence-electron chi connectivity index (χ0n) is 13.6. The first kappa shape index (κ1) is 16.6. The zero-order valence-corrected chi connectivity index (χ0v) is 13.6. The van der Waals surface area contributed by atoms with Gasteiger partial charge in [0.05, 0.1) is 19.1 Å². The van der Waals surface area contributed by atoms with E-state index in [1.54, 1.807) is 0 Å². The second-order valence-corrected chi connectivity index (χ2v) is 6.44. The Morgan fingerprint density at radius 2 is 1.71 bits per heavy atom. The molecule has 3 rings (SSSR count). The van der Waals surface area contributed by atoms with E-state index >= 15 is 0 Å². The van der Waals surface area contributed by atoms with Crippen LogP contribution in [0.25, 0.3) is 0 Å². The molecule has 0 aromatic heterocycles. The highest BCUT2D eigenvalue weighted by Crippen LogP contribution is 2.31. The van der Waals surface area contributed by atoms with Crippen LogP contribution in [-0.4, -0.2) is 30.2 Å². The maximum atomic E-state index is 12.3. The highest BCUT2D eigenvalue weighted by atomic mass is 16.5. The van der Waals surface area contributed by atoms with Crippen molar-refractivity contribution in [3.05, 3.63) is 23.8 Å². The average molecular weight is 333 g/mol. The lowest BCUT2D eigenvalue weighted by Gasteiger charge is -2.25. The van der Waals surface area contributed by atoms with Crippen LogP contribution in [0.4, 0.5) is 0 Å². The lowest BCUT2D eigenvalue weighted by atomic mass is 9.81. The van der Waals surface area contributed by atoms with Gasteiger partial charge in [0.25, 0.3) is 0 Å². The van der Waals surface area contributed by atoms with Gasteiger partial charge in [0.2, 0.25) is 5.91 Å². The number of aliphatic carboxylic acids is 1. The van der Waals surface area contributed by atoms with Gasteiger partial charge in [0.1, 0.15) is 0 Å². The minimum atomic E-state index is -0.749. The van der Waals surface area contributed by atoms with Gasteiger partial charge in [-0.3, -0.25) is 9.59 Å². The SMILES string of the molecule is O=C(O)C1CCC(C(=O)NCc2ccc3c(c2)OCCCO3)CC1. The van der Waals surface area contributed by atoms with Gasteiger partial charge >= 0.3 is 5.97 Å². The molecule has 2 aliphatic rings. The van der Waals surface area contributed by atoms with Crippen LogP contribution in [-0.2, 0) is 16.1 Å². The number of rotatable bonds is 4. The van der Waals surface area contributed by atoms with Crippen LogP contribution in [0, 0.1) is 11.8 Å². The summed E-state index contributed by atoms with van der Waals surface area (Å²) in [6.45, 7) is 1.73. The monoisotopic (exact) mass is 333 g/mol. The summed E-state index contributed by atoms with van der Waals surface area (Å²) in [5.41, 5.74) is 0.965. The van der Waals surface area contributed by atoms with E-state index in [2.05, 4.69) is 5.32 Å². The van der Waals surface area contributed by atoms with Crippen molar-refractivity contribution >= 4 is 11.9 Å². The van der Waals surface area contributed by atoms with Crippen molar-refractivity contribution < 1.29 is 24.2 Å². The summed E-state index contributed by atoms with van der Waals surface area (Å²) in [5.74, 6) is 0.347. The Morgan fingerprint density at radius 3 is 2.42 bits per heavy atom. The van der Waals surface area contributed by atoms with Gasteiger partial charge in [-0.1, -0.05) is 6.07 Å². The molecule has 0 spiro atoms. The standard InChI is InChI=1S/C18H23NO5/c20-17(13-3-5-14(6-4-13)18(21)22)19-11-12-2-7-15-16(10-12)24-9-1-8-23-15/h2,7,10,13-14H,1,3-6,8-9,11H2,(H,19,20)(H,21,22). The summed E-state index contributed by atoms with van der Waals surface area (Å²) in [6, 6.07) is 5.71. The number of benzene rings is 1. The number of hydrogen-bond acceptors (Lipinski definition) is 4. The third-order valence-electron chi connectivity index (χ3n) is 4.73. The van der Waals surface area contributed by atoms with Gasteiger partial charge in [-0.25, -0.2) is 0 Å². The molecule has 0 unspecified atom stereocenters. The van der Waals surface area contributed by atoms with Gasteiger partial charge in [0, 0.05) is 18.9 Å². The van der Waals surface area contributed by atoms with Crippen molar-refractivity contribution in [2.45, 2.75) is 38.6 Å². The molecule has 6 nitrogen and oxygen atoms in total. The summed E-state index contributed by atoms with van der Waals surface area (Å²) in [5, 5.41) is 12.0. The van der Waals surface area contributed by atoms with E-state index in [0.717, 1.165) is 23.5 Å². The van der Waals surface area contributed by atoms with E-state index in [0.29, 0.717) is 45.4 Å². The highest BCUT2D eigenvalue weighted by Gasteiger charge is 2.29. The van der Waals surface area contributed by atoms with Crippen molar-refractivity contribution in [2.75, 3.05) is 13.2 Å². The summed E-state index contributed by atoms with van der Waals surface area (Å²) in [7, 11) is 0. The number of amides is 1. The molecular formula is C18H23NO5. The van der Waals surface area contributed by atoms with Gasteiger partial charge in [0.15, 0.2) is 11.5 Å². The lowest BCUT2D eigenvalue weighted by molar-refractivity contribution is -0.144. The molecule has 0 bridgehead atoms. The molecule has 1 fully saturated rings. The molecule has 1 amide bonds. The Hall–Kier alpha value is -2.24. The third kappa shape index (κ3) is 3.99. The van der Waals surface area contributed by atoms with Gasteiger partial charge in [-0.15, -0.1) is 0 Å². The van der Waals surface area contributed by atoms with Gasteiger partial charge in [-0.2, -0.15) is 0 Å². The largest absolute Gasteiger partial charge is 0.490 e. The predicted octanol–water partition coefficient (Wildman–Crippen LogP) is 2.36. The average Bonchev–Trinajstić information content (AvgIpc) is 2.84. The van der Waals surface area contributed by atoms with Crippen LogP contribution in [0.15, 0.2) is 18.2 Å². The van der Waals surface area contributed by atoms with Crippen LogP contribution >= 0.6 is 0 Å². The first-order valence-corrected chi connectivity index (χ1v) is 8.52. The van der Waals surface area contributed by atoms with Crippen LogP contribution < -0.4 is 14.8 Å². The number of carboxylic acid groups (broad SMARTS) is 1. The van der Waals surface area contributed by atoms with Crippen LogP contribution in [0.2, 0.25) is 0 Å². The van der Waals surface area contributed by atoms with Crippen molar-refractivity contribution in [1.82, 2.24) is 5.32 Å². The molecule has 24 heavy (non-hydrogen) atoms. The Kier molecular flexibility index (Phi) is 5.23. The highest BCUT2D eigenvalue weighted by molar-refractivity contribution is 5.79. The zero-order chi connectivity index (χ0) is 16.9.